The van der Waals surface area contributed by atoms with Gasteiger partial charge in [0.25, 0.3) is 0 Å². The zero-order valence-electron chi connectivity index (χ0n) is 16.5. The van der Waals surface area contributed by atoms with Crippen molar-refractivity contribution in [2.24, 2.45) is 7.05 Å². The van der Waals surface area contributed by atoms with Gasteiger partial charge in [0.15, 0.2) is 0 Å². The van der Waals surface area contributed by atoms with E-state index in [1.807, 2.05) is 24.7 Å². The maximum absolute atomic E-state index is 13.2. The molecule has 1 atom stereocenters. The van der Waals surface area contributed by atoms with Gasteiger partial charge in [-0.15, -0.1) is 0 Å². The highest BCUT2D eigenvalue weighted by atomic mass is 19.1. The number of halogens is 1. The fourth-order valence-corrected chi connectivity index (χ4v) is 3.20. The van der Waals surface area contributed by atoms with Gasteiger partial charge in [-0.05, 0) is 24.6 Å². The van der Waals surface area contributed by atoms with Crippen LogP contribution in [0.4, 0.5) is 16.3 Å². The fraction of sp³-hybridized carbons (Fsp3) is 0.400. The first-order valence-corrected chi connectivity index (χ1v) is 9.63. The van der Waals surface area contributed by atoms with E-state index in [4.69, 9.17) is 4.74 Å². The molecule has 0 radical (unpaired) electrons. The van der Waals surface area contributed by atoms with Crippen LogP contribution in [-0.4, -0.2) is 50.8 Å². The van der Waals surface area contributed by atoms with Crippen molar-refractivity contribution in [3.05, 3.63) is 59.7 Å². The lowest BCUT2D eigenvalue weighted by atomic mass is 10.1. The summed E-state index contributed by atoms with van der Waals surface area (Å²) in [7, 11) is 1.93. The van der Waals surface area contributed by atoms with E-state index < -0.39 is 0 Å². The number of nitrogens with one attached hydrogen (secondary N) is 1. The number of hydrogen-bond donors (Lipinski definition) is 1. The van der Waals surface area contributed by atoms with Crippen LogP contribution in [0.1, 0.15) is 30.0 Å². The minimum atomic E-state index is -0.256. The van der Waals surface area contributed by atoms with E-state index >= 15 is 0 Å². The van der Waals surface area contributed by atoms with E-state index in [1.54, 1.807) is 18.5 Å². The predicted molar refractivity (Wildman–Crippen MR) is 107 cm³/mol. The Hall–Kier alpha value is -3.07. The lowest BCUT2D eigenvalue weighted by Crippen LogP contribution is -2.37. The molecule has 0 amide bonds. The second-order valence-electron chi connectivity index (χ2n) is 7.10. The Morgan fingerprint density at radius 1 is 1.14 bits per heavy atom. The summed E-state index contributed by atoms with van der Waals surface area (Å²) in [5.74, 6) is 1.51. The lowest BCUT2D eigenvalue weighted by Gasteiger charge is -2.27. The number of ether oxygens (including phenoxy) is 1. The van der Waals surface area contributed by atoms with Crippen molar-refractivity contribution in [2.75, 3.05) is 36.5 Å². The molecular weight excluding hydrogens is 373 g/mol. The molecular formula is C20H24FN7O. The topological polar surface area (TPSA) is 81.0 Å². The predicted octanol–water partition coefficient (Wildman–Crippen LogP) is 2.34. The Morgan fingerprint density at radius 2 is 1.90 bits per heavy atom. The minimum absolute atomic E-state index is 0.0850. The molecule has 9 heteroatoms. The molecule has 4 rings (SSSR count). The zero-order chi connectivity index (χ0) is 20.2. The molecule has 3 heterocycles. The van der Waals surface area contributed by atoms with Crippen LogP contribution in [0.15, 0.2) is 36.8 Å². The van der Waals surface area contributed by atoms with Crippen LogP contribution < -0.4 is 10.2 Å². The highest BCUT2D eigenvalue weighted by Gasteiger charge is 2.18. The Morgan fingerprint density at radius 3 is 2.59 bits per heavy atom. The van der Waals surface area contributed by atoms with Gasteiger partial charge >= 0.3 is 0 Å². The number of imidazole rings is 1. The fourth-order valence-electron chi connectivity index (χ4n) is 3.20. The Bertz CT molecular complexity index is 954. The molecule has 3 aromatic rings. The third-order valence-electron chi connectivity index (χ3n) is 4.78. The molecule has 1 saturated heterocycles. The Labute approximate surface area is 168 Å². The molecule has 0 unspecified atom stereocenters. The molecule has 2 aromatic heterocycles. The first-order chi connectivity index (χ1) is 14.1. The van der Waals surface area contributed by atoms with E-state index in [-0.39, 0.29) is 11.9 Å². The van der Waals surface area contributed by atoms with Gasteiger partial charge in [-0.2, -0.15) is 15.0 Å². The average molecular weight is 397 g/mol. The molecule has 0 saturated carbocycles. The van der Waals surface area contributed by atoms with Gasteiger partial charge < -0.3 is 19.5 Å². The molecule has 8 nitrogen and oxygen atoms in total. The molecule has 1 N–H and O–H groups in total. The highest BCUT2D eigenvalue weighted by Crippen LogP contribution is 2.20. The number of aromatic nitrogens is 5. The van der Waals surface area contributed by atoms with Crippen LogP contribution in [-0.2, 0) is 18.2 Å². The largest absolute Gasteiger partial charge is 0.378 e. The summed E-state index contributed by atoms with van der Waals surface area (Å²) in [5.41, 5.74) is 1.84. The number of hydrogen-bond acceptors (Lipinski definition) is 7. The number of morpholine rings is 1. The lowest BCUT2D eigenvalue weighted by molar-refractivity contribution is 0.122. The Kier molecular flexibility index (Phi) is 5.66. The van der Waals surface area contributed by atoms with Crippen molar-refractivity contribution in [1.82, 2.24) is 24.5 Å². The van der Waals surface area contributed by atoms with E-state index in [2.05, 4.69) is 30.2 Å². The number of nitrogens with zero attached hydrogens (tertiary/aromatic N) is 6. The summed E-state index contributed by atoms with van der Waals surface area (Å²) in [6, 6.07) is 6.33. The van der Waals surface area contributed by atoms with Gasteiger partial charge in [0, 0.05) is 26.3 Å². The second-order valence-corrected chi connectivity index (χ2v) is 7.10. The van der Waals surface area contributed by atoms with Gasteiger partial charge in [0.1, 0.15) is 11.6 Å². The number of benzene rings is 1. The molecule has 1 aliphatic rings. The number of rotatable bonds is 6. The summed E-state index contributed by atoms with van der Waals surface area (Å²) in [6.45, 7) is 4.76. The molecule has 152 valence electrons. The summed E-state index contributed by atoms with van der Waals surface area (Å²) >= 11 is 0. The summed E-state index contributed by atoms with van der Waals surface area (Å²) in [5, 5.41) is 3.32. The highest BCUT2D eigenvalue weighted by molar-refractivity contribution is 5.40. The van der Waals surface area contributed by atoms with Crippen LogP contribution in [0.3, 0.4) is 0 Å². The van der Waals surface area contributed by atoms with Gasteiger partial charge in [0.2, 0.25) is 11.9 Å². The van der Waals surface area contributed by atoms with Crippen molar-refractivity contribution >= 4 is 11.9 Å². The van der Waals surface area contributed by atoms with Crippen LogP contribution in [0, 0.1) is 5.82 Å². The summed E-state index contributed by atoms with van der Waals surface area (Å²) < 4.78 is 20.6. The van der Waals surface area contributed by atoms with Crippen molar-refractivity contribution in [2.45, 2.75) is 19.4 Å². The number of aryl methyl sites for hydroxylation is 1. The molecule has 29 heavy (non-hydrogen) atoms. The van der Waals surface area contributed by atoms with Gasteiger partial charge in [-0.1, -0.05) is 12.1 Å². The van der Waals surface area contributed by atoms with Gasteiger partial charge in [0.05, 0.1) is 37.7 Å². The Balaban J connectivity index is 1.60. The summed E-state index contributed by atoms with van der Waals surface area (Å²) in [4.78, 5) is 20.4. The van der Waals surface area contributed by atoms with Crippen LogP contribution >= 0.6 is 0 Å². The SMILES string of the molecule is C[C@H](Nc1nc(Cc2cn(C)cn2)nc(N2CCOCC2)n1)c1ccc(F)cc1. The maximum Gasteiger partial charge on any atom is 0.230 e. The third kappa shape index (κ3) is 4.86. The standard InChI is InChI=1S/C20H24FN7O/c1-14(15-3-5-16(21)6-4-15)23-19-24-18(11-17-12-27(2)13-22-17)25-20(26-19)28-7-9-29-10-8-28/h3-6,12-14H,7-11H2,1-2H3,(H,23,24,25,26)/t14-/m0/s1. The van der Waals surface area contributed by atoms with Crippen LogP contribution in [0.25, 0.3) is 0 Å². The van der Waals surface area contributed by atoms with Crippen LogP contribution in [0.5, 0.6) is 0 Å². The van der Waals surface area contributed by atoms with Gasteiger partial charge in [-0.25, -0.2) is 9.37 Å². The monoisotopic (exact) mass is 397 g/mol. The normalized spacial score (nSPS) is 15.3. The van der Waals surface area contributed by atoms with E-state index in [0.717, 1.165) is 24.3 Å². The molecule has 0 bridgehead atoms. The van der Waals surface area contributed by atoms with E-state index in [9.17, 15) is 4.39 Å². The van der Waals surface area contributed by atoms with E-state index in [1.165, 1.54) is 12.1 Å². The minimum Gasteiger partial charge on any atom is -0.378 e. The molecule has 1 fully saturated rings. The molecule has 0 spiro atoms. The van der Waals surface area contributed by atoms with Crippen LogP contribution in [0.2, 0.25) is 0 Å². The molecule has 1 aromatic carbocycles. The van der Waals surface area contributed by atoms with E-state index in [0.29, 0.717) is 37.4 Å². The maximum atomic E-state index is 13.2. The first kappa shape index (κ1) is 19.3. The van der Waals surface area contributed by atoms with Crippen molar-refractivity contribution < 1.29 is 9.13 Å². The molecule has 0 aliphatic carbocycles. The second kappa shape index (κ2) is 8.52. The third-order valence-corrected chi connectivity index (χ3v) is 4.78. The first-order valence-electron chi connectivity index (χ1n) is 9.63. The summed E-state index contributed by atoms with van der Waals surface area (Å²) in [6.07, 6.45) is 4.22. The zero-order valence-corrected chi connectivity index (χ0v) is 16.5. The van der Waals surface area contributed by atoms with Crippen molar-refractivity contribution in [1.29, 1.82) is 0 Å². The average Bonchev–Trinajstić information content (AvgIpc) is 3.13. The quantitative estimate of drug-likeness (QED) is 0.684. The van der Waals surface area contributed by atoms with Crippen molar-refractivity contribution in [3.8, 4) is 0 Å². The smallest absolute Gasteiger partial charge is 0.230 e. The molecule has 1 aliphatic heterocycles. The van der Waals surface area contributed by atoms with Gasteiger partial charge in [-0.3, -0.25) is 0 Å². The number of anilines is 2. The van der Waals surface area contributed by atoms with Crippen molar-refractivity contribution in [3.63, 3.8) is 0 Å².